The van der Waals surface area contributed by atoms with Gasteiger partial charge in [-0.15, -0.1) is 0 Å². The number of carbonyl (C=O) groups is 2. The van der Waals surface area contributed by atoms with Gasteiger partial charge in [-0.3, -0.25) is 14.5 Å². The van der Waals surface area contributed by atoms with Crippen molar-refractivity contribution in [3.63, 3.8) is 0 Å². The number of benzene rings is 1. The third-order valence-electron chi connectivity index (χ3n) is 6.35. The second kappa shape index (κ2) is 11.5. The first-order chi connectivity index (χ1) is 14.5. The molecule has 1 unspecified atom stereocenters. The van der Waals surface area contributed by atoms with E-state index < -0.39 is 0 Å². The van der Waals surface area contributed by atoms with E-state index >= 15 is 0 Å². The van der Waals surface area contributed by atoms with Gasteiger partial charge in [0.1, 0.15) is 0 Å². The first-order valence-electron chi connectivity index (χ1n) is 11.4. The quantitative estimate of drug-likeness (QED) is 0.674. The van der Waals surface area contributed by atoms with E-state index in [2.05, 4.69) is 41.4 Å². The minimum Gasteiger partial charge on any atom is -0.376 e. The molecular formula is C24H37N3O3. The van der Waals surface area contributed by atoms with Crippen molar-refractivity contribution in [3.05, 3.63) is 35.4 Å². The standard InChI is InChI=1S/C24H37N3O3/c1-19-6-3-4-7-22(19)17-26-13-10-21(11-14-26)16-27(18-23-8-5-15-30-23)24(29)9-12-25-20(2)28/h3-4,6-7,21,23H,5,8-18H2,1-2H3,(H,25,28). The summed E-state index contributed by atoms with van der Waals surface area (Å²) in [5.74, 6) is 0.570. The molecule has 0 aliphatic carbocycles. The molecule has 2 aliphatic rings. The van der Waals surface area contributed by atoms with E-state index in [-0.39, 0.29) is 17.9 Å². The van der Waals surface area contributed by atoms with Crippen molar-refractivity contribution >= 4 is 11.8 Å². The number of nitrogens with one attached hydrogen (secondary N) is 1. The summed E-state index contributed by atoms with van der Waals surface area (Å²) < 4.78 is 5.79. The zero-order valence-corrected chi connectivity index (χ0v) is 18.6. The summed E-state index contributed by atoms with van der Waals surface area (Å²) in [6, 6.07) is 8.61. The van der Waals surface area contributed by atoms with Crippen LogP contribution in [0.25, 0.3) is 0 Å². The highest BCUT2D eigenvalue weighted by Crippen LogP contribution is 2.22. The molecule has 1 N–H and O–H groups in total. The number of likely N-dealkylation sites (tertiary alicyclic amines) is 1. The van der Waals surface area contributed by atoms with Crippen LogP contribution >= 0.6 is 0 Å². The maximum atomic E-state index is 12.8. The van der Waals surface area contributed by atoms with E-state index in [1.165, 1.54) is 18.1 Å². The third kappa shape index (κ3) is 7.10. The number of nitrogens with zero attached hydrogens (tertiary/aromatic N) is 2. The SMILES string of the molecule is CC(=O)NCCC(=O)N(CC1CCN(Cc2ccccc2C)CC1)CC1CCCO1. The van der Waals surface area contributed by atoms with Crippen LogP contribution in [0.3, 0.4) is 0 Å². The molecule has 0 bridgehead atoms. The van der Waals surface area contributed by atoms with Gasteiger partial charge >= 0.3 is 0 Å². The Morgan fingerprint density at radius 2 is 1.93 bits per heavy atom. The smallest absolute Gasteiger partial charge is 0.224 e. The van der Waals surface area contributed by atoms with Gasteiger partial charge in [-0.25, -0.2) is 0 Å². The monoisotopic (exact) mass is 415 g/mol. The molecule has 2 amide bonds. The maximum absolute atomic E-state index is 12.8. The second-order valence-corrected chi connectivity index (χ2v) is 8.81. The van der Waals surface area contributed by atoms with Crippen molar-refractivity contribution in [2.45, 2.75) is 58.6 Å². The first kappa shape index (κ1) is 22.8. The summed E-state index contributed by atoms with van der Waals surface area (Å²) in [4.78, 5) is 28.5. The van der Waals surface area contributed by atoms with Crippen molar-refractivity contribution in [3.8, 4) is 0 Å². The van der Waals surface area contributed by atoms with Crippen molar-refractivity contribution in [1.82, 2.24) is 15.1 Å². The molecule has 6 nitrogen and oxygen atoms in total. The number of hydrogen-bond acceptors (Lipinski definition) is 4. The van der Waals surface area contributed by atoms with Crippen LogP contribution in [0.2, 0.25) is 0 Å². The Bertz CT molecular complexity index is 695. The van der Waals surface area contributed by atoms with Crippen molar-refractivity contribution < 1.29 is 14.3 Å². The molecule has 2 heterocycles. The Labute approximate surface area is 180 Å². The molecular weight excluding hydrogens is 378 g/mol. The first-order valence-corrected chi connectivity index (χ1v) is 11.4. The van der Waals surface area contributed by atoms with Gasteiger partial charge in [0.05, 0.1) is 6.10 Å². The molecule has 6 heteroatoms. The molecule has 0 saturated carbocycles. The Morgan fingerprint density at radius 3 is 2.60 bits per heavy atom. The minimum atomic E-state index is -0.0884. The number of aryl methyl sites for hydroxylation is 1. The fourth-order valence-corrected chi connectivity index (χ4v) is 4.48. The van der Waals surface area contributed by atoms with E-state index in [1.54, 1.807) is 0 Å². The Kier molecular flexibility index (Phi) is 8.70. The summed E-state index contributed by atoms with van der Waals surface area (Å²) >= 11 is 0. The van der Waals surface area contributed by atoms with E-state index in [9.17, 15) is 9.59 Å². The fourth-order valence-electron chi connectivity index (χ4n) is 4.48. The molecule has 166 valence electrons. The molecule has 2 fully saturated rings. The zero-order valence-electron chi connectivity index (χ0n) is 18.6. The Morgan fingerprint density at radius 1 is 1.17 bits per heavy atom. The third-order valence-corrected chi connectivity index (χ3v) is 6.35. The largest absolute Gasteiger partial charge is 0.376 e. The topological polar surface area (TPSA) is 61.9 Å². The zero-order chi connectivity index (χ0) is 21.3. The number of piperidine rings is 1. The highest BCUT2D eigenvalue weighted by atomic mass is 16.5. The predicted octanol–water partition coefficient (Wildman–Crippen LogP) is 2.74. The summed E-state index contributed by atoms with van der Waals surface area (Å²) in [6.07, 6.45) is 4.87. The molecule has 3 rings (SSSR count). The highest BCUT2D eigenvalue weighted by Gasteiger charge is 2.27. The summed E-state index contributed by atoms with van der Waals surface area (Å²) in [7, 11) is 0. The van der Waals surface area contributed by atoms with Crippen LogP contribution in [0, 0.1) is 12.8 Å². The molecule has 30 heavy (non-hydrogen) atoms. The van der Waals surface area contributed by atoms with E-state index in [4.69, 9.17) is 4.74 Å². The van der Waals surface area contributed by atoms with Gasteiger partial charge in [0.25, 0.3) is 0 Å². The fraction of sp³-hybridized carbons (Fsp3) is 0.667. The van der Waals surface area contributed by atoms with Crippen LogP contribution in [0.4, 0.5) is 0 Å². The number of carbonyl (C=O) groups excluding carboxylic acids is 2. The lowest BCUT2D eigenvalue weighted by Gasteiger charge is -2.36. The molecule has 1 aromatic carbocycles. The molecule has 1 aromatic rings. The molecule has 1 atom stereocenters. The summed E-state index contributed by atoms with van der Waals surface area (Å²) in [5.41, 5.74) is 2.76. The average Bonchev–Trinajstić information content (AvgIpc) is 3.23. The van der Waals surface area contributed by atoms with Crippen LogP contribution in [-0.4, -0.2) is 67.0 Å². The van der Waals surface area contributed by atoms with Gasteiger partial charge in [-0.2, -0.15) is 0 Å². The number of amides is 2. The van der Waals surface area contributed by atoms with Crippen LogP contribution in [-0.2, 0) is 20.9 Å². The maximum Gasteiger partial charge on any atom is 0.224 e. The lowest BCUT2D eigenvalue weighted by Crippen LogP contribution is -2.44. The molecule has 0 radical (unpaired) electrons. The predicted molar refractivity (Wildman–Crippen MR) is 118 cm³/mol. The number of ether oxygens (including phenoxy) is 1. The Balaban J connectivity index is 1.49. The van der Waals surface area contributed by atoms with Crippen molar-refractivity contribution in [2.24, 2.45) is 5.92 Å². The van der Waals surface area contributed by atoms with Crippen molar-refractivity contribution in [2.75, 3.05) is 39.3 Å². The molecule has 0 aromatic heterocycles. The summed E-state index contributed by atoms with van der Waals surface area (Å²) in [6.45, 7) is 9.52. The Hall–Kier alpha value is -1.92. The lowest BCUT2D eigenvalue weighted by molar-refractivity contribution is -0.133. The molecule has 2 aliphatic heterocycles. The normalized spacial score (nSPS) is 20.3. The van der Waals surface area contributed by atoms with E-state index in [0.717, 1.165) is 58.5 Å². The van der Waals surface area contributed by atoms with Gasteiger partial charge in [0.15, 0.2) is 0 Å². The van der Waals surface area contributed by atoms with Gasteiger partial charge in [-0.05, 0) is 62.7 Å². The van der Waals surface area contributed by atoms with Crippen molar-refractivity contribution in [1.29, 1.82) is 0 Å². The van der Waals surface area contributed by atoms with Crippen LogP contribution < -0.4 is 5.32 Å². The van der Waals surface area contributed by atoms with Gasteiger partial charge in [-0.1, -0.05) is 24.3 Å². The van der Waals surface area contributed by atoms with Crippen LogP contribution in [0.5, 0.6) is 0 Å². The number of hydrogen-bond donors (Lipinski definition) is 1. The average molecular weight is 416 g/mol. The minimum absolute atomic E-state index is 0.0884. The van der Waals surface area contributed by atoms with Gasteiger partial charge < -0.3 is 15.0 Å². The second-order valence-electron chi connectivity index (χ2n) is 8.81. The van der Waals surface area contributed by atoms with Gasteiger partial charge in [0.2, 0.25) is 11.8 Å². The number of rotatable bonds is 9. The lowest BCUT2D eigenvalue weighted by atomic mass is 9.95. The van der Waals surface area contributed by atoms with Crippen LogP contribution in [0.15, 0.2) is 24.3 Å². The highest BCUT2D eigenvalue weighted by molar-refractivity contribution is 5.78. The molecule has 0 spiro atoms. The van der Waals surface area contributed by atoms with Crippen LogP contribution in [0.1, 0.15) is 50.2 Å². The van der Waals surface area contributed by atoms with E-state index in [1.807, 2.05) is 4.90 Å². The van der Waals surface area contributed by atoms with Gasteiger partial charge in [0, 0.05) is 46.1 Å². The molecule has 2 saturated heterocycles. The van der Waals surface area contributed by atoms with E-state index in [0.29, 0.717) is 25.4 Å². The summed E-state index contributed by atoms with van der Waals surface area (Å²) in [5, 5.41) is 2.74.